The lowest BCUT2D eigenvalue weighted by atomic mass is 9.96. The zero-order valence-electron chi connectivity index (χ0n) is 11.7. The third-order valence-electron chi connectivity index (χ3n) is 3.40. The number of nitrogens with two attached hydrogens (primary N) is 1. The van der Waals surface area contributed by atoms with E-state index in [0.717, 1.165) is 31.4 Å². The highest BCUT2D eigenvalue weighted by atomic mass is 79.9. The van der Waals surface area contributed by atoms with E-state index in [1.54, 1.807) is 7.11 Å². The van der Waals surface area contributed by atoms with Crippen molar-refractivity contribution < 1.29 is 4.74 Å². The summed E-state index contributed by atoms with van der Waals surface area (Å²) in [6.07, 6.45) is 0. The van der Waals surface area contributed by atoms with Gasteiger partial charge < -0.3 is 10.5 Å². The molecule has 2 N–H and O–H groups in total. The Morgan fingerprint density at radius 1 is 1.05 bits per heavy atom. The Hall–Kier alpha value is -0.840. The van der Waals surface area contributed by atoms with Gasteiger partial charge in [0.1, 0.15) is 5.75 Å². The first-order valence-electron chi connectivity index (χ1n) is 6.30. The minimum Gasteiger partial charge on any atom is -0.496 e. The monoisotopic (exact) mass is 397 g/mol. The molecule has 0 saturated heterocycles. The molecule has 2 nitrogen and oxygen atoms in total. The van der Waals surface area contributed by atoms with Crippen LogP contribution in [0.25, 0.3) is 0 Å². The Balaban J connectivity index is 2.55. The van der Waals surface area contributed by atoms with Gasteiger partial charge in [0.25, 0.3) is 0 Å². The van der Waals surface area contributed by atoms with Crippen LogP contribution in [0.5, 0.6) is 5.75 Å². The summed E-state index contributed by atoms with van der Waals surface area (Å²) in [4.78, 5) is 0. The van der Waals surface area contributed by atoms with Crippen molar-refractivity contribution in [3.8, 4) is 5.75 Å². The van der Waals surface area contributed by atoms with Crippen molar-refractivity contribution in [3.63, 3.8) is 0 Å². The normalized spacial score (nSPS) is 12.3. The van der Waals surface area contributed by atoms with Crippen LogP contribution in [0, 0.1) is 13.8 Å². The molecule has 1 atom stereocenters. The molecule has 0 saturated carbocycles. The molecule has 0 amide bonds. The van der Waals surface area contributed by atoms with Crippen LogP contribution in [0.2, 0.25) is 0 Å². The van der Waals surface area contributed by atoms with Crippen LogP contribution < -0.4 is 10.5 Å². The van der Waals surface area contributed by atoms with Crippen molar-refractivity contribution in [1.29, 1.82) is 0 Å². The highest BCUT2D eigenvalue weighted by molar-refractivity contribution is 9.10. The highest BCUT2D eigenvalue weighted by Gasteiger charge is 2.18. The second-order valence-electron chi connectivity index (χ2n) is 4.80. The Kier molecular flexibility index (Phi) is 4.89. The molecule has 0 aromatic heterocycles. The quantitative estimate of drug-likeness (QED) is 0.799. The molecule has 0 aliphatic carbocycles. The molecule has 0 fully saturated rings. The number of hydrogen-bond acceptors (Lipinski definition) is 2. The SMILES string of the molecule is COc1cc(C)c(Br)cc1C(N)c1cccc(C)c1Br. The van der Waals surface area contributed by atoms with Gasteiger partial charge in [-0.3, -0.25) is 0 Å². The van der Waals surface area contributed by atoms with Crippen LogP contribution in [-0.4, -0.2) is 7.11 Å². The van der Waals surface area contributed by atoms with Crippen LogP contribution >= 0.6 is 31.9 Å². The third kappa shape index (κ3) is 2.92. The first kappa shape index (κ1) is 15.5. The predicted molar refractivity (Wildman–Crippen MR) is 90.3 cm³/mol. The summed E-state index contributed by atoms with van der Waals surface area (Å²) in [5, 5.41) is 0. The fraction of sp³-hybridized carbons (Fsp3) is 0.250. The minimum absolute atomic E-state index is 0.240. The lowest BCUT2D eigenvalue weighted by molar-refractivity contribution is 0.407. The van der Waals surface area contributed by atoms with Gasteiger partial charge in [0.05, 0.1) is 13.2 Å². The van der Waals surface area contributed by atoms with E-state index in [9.17, 15) is 0 Å². The molecule has 0 heterocycles. The molecule has 106 valence electrons. The average molecular weight is 399 g/mol. The van der Waals surface area contributed by atoms with Crippen molar-refractivity contribution >= 4 is 31.9 Å². The predicted octanol–water partition coefficient (Wildman–Crippen LogP) is 4.89. The topological polar surface area (TPSA) is 35.2 Å². The highest BCUT2D eigenvalue weighted by Crippen LogP contribution is 2.36. The zero-order chi connectivity index (χ0) is 14.9. The largest absolute Gasteiger partial charge is 0.496 e. The van der Waals surface area contributed by atoms with Crippen molar-refractivity contribution in [2.75, 3.05) is 7.11 Å². The molecule has 1 unspecified atom stereocenters. The Labute approximate surface area is 136 Å². The summed E-state index contributed by atoms with van der Waals surface area (Å²) in [5.74, 6) is 0.812. The molecule has 2 aromatic rings. The smallest absolute Gasteiger partial charge is 0.124 e. The molecule has 20 heavy (non-hydrogen) atoms. The molecule has 2 rings (SSSR count). The Morgan fingerprint density at radius 2 is 1.75 bits per heavy atom. The number of rotatable bonds is 3. The second kappa shape index (κ2) is 6.29. The van der Waals surface area contributed by atoms with Gasteiger partial charge in [-0.1, -0.05) is 50.1 Å². The van der Waals surface area contributed by atoms with Crippen LogP contribution in [-0.2, 0) is 0 Å². The van der Waals surface area contributed by atoms with E-state index < -0.39 is 0 Å². The van der Waals surface area contributed by atoms with Crippen LogP contribution in [0.4, 0.5) is 0 Å². The van der Waals surface area contributed by atoms with Crippen molar-refractivity contribution in [1.82, 2.24) is 0 Å². The second-order valence-corrected chi connectivity index (χ2v) is 6.45. The summed E-state index contributed by atoms with van der Waals surface area (Å²) in [6, 6.07) is 9.91. The fourth-order valence-electron chi connectivity index (χ4n) is 2.17. The van der Waals surface area contributed by atoms with E-state index in [2.05, 4.69) is 44.8 Å². The van der Waals surface area contributed by atoms with Crippen molar-refractivity contribution in [3.05, 3.63) is 61.5 Å². The number of methoxy groups -OCH3 is 1. The fourth-order valence-corrected chi connectivity index (χ4v) is 3.04. The van der Waals surface area contributed by atoms with E-state index in [1.807, 2.05) is 31.2 Å². The summed E-state index contributed by atoms with van der Waals surface area (Å²) in [7, 11) is 1.67. The van der Waals surface area contributed by atoms with Crippen molar-refractivity contribution in [2.45, 2.75) is 19.9 Å². The maximum atomic E-state index is 6.45. The zero-order valence-corrected chi connectivity index (χ0v) is 14.9. The van der Waals surface area contributed by atoms with Gasteiger partial charge in [0, 0.05) is 14.5 Å². The van der Waals surface area contributed by atoms with E-state index in [1.165, 1.54) is 5.56 Å². The molecular weight excluding hydrogens is 382 g/mol. The van der Waals surface area contributed by atoms with E-state index in [0.29, 0.717) is 0 Å². The minimum atomic E-state index is -0.240. The van der Waals surface area contributed by atoms with Gasteiger partial charge in [-0.2, -0.15) is 0 Å². The van der Waals surface area contributed by atoms with Gasteiger partial charge in [-0.15, -0.1) is 0 Å². The standard InChI is InChI=1S/C16H17Br2NO/c1-9-5-4-6-11(15(9)18)16(19)12-8-13(17)10(2)7-14(12)20-3/h4-8,16H,19H2,1-3H3. The van der Waals surface area contributed by atoms with E-state index >= 15 is 0 Å². The summed E-state index contributed by atoms with van der Waals surface area (Å²) >= 11 is 7.19. The number of benzene rings is 2. The molecule has 2 aromatic carbocycles. The van der Waals surface area contributed by atoms with E-state index in [4.69, 9.17) is 10.5 Å². The number of halogens is 2. The van der Waals surface area contributed by atoms with Gasteiger partial charge in [-0.25, -0.2) is 0 Å². The third-order valence-corrected chi connectivity index (χ3v) is 5.34. The average Bonchev–Trinajstić information content (AvgIpc) is 2.43. The van der Waals surface area contributed by atoms with Crippen LogP contribution in [0.3, 0.4) is 0 Å². The molecule has 0 spiro atoms. The number of ether oxygens (including phenoxy) is 1. The number of hydrogen-bond donors (Lipinski definition) is 1. The molecule has 0 aliphatic rings. The molecule has 0 aliphatic heterocycles. The van der Waals surface area contributed by atoms with Gasteiger partial charge >= 0.3 is 0 Å². The summed E-state index contributed by atoms with van der Waals surface area (Å²) in [6.45, 7) is 4.09. The Bertz CT molecular complexity index is 641. The lowest BCUT2D eigenvalue weighted by Gasteiger charge is -2.19. The van der Waals surface area contributed by atoms with Crippen molar-refractivity contribution in [2.24, 2.45) is 5.73 Å². The van der Waals surface area contributed by atoms with E-state index in [-0.39, 0.29) is 6.04 Å². The number of aryl methyl sites for hydroxylation is 2. The van der Waals surface area contributed by atoms with Gasteiger partial charge in [0.2, 0.25) is 0 Å². The maximum Gasteiger partial charge on any atom is 0.124 e. The molecule has 4 heteroatoms. The first-order chi connectivity index (χ1) is 9.45. The van der Waals surface area contributed by atoms with Gasteiger partial charge in [0.15, 0.2) is 0 Å². The molecule has 0 bridgehead atoms. The first-order valence-corrected chi connectivity index (χ1v) is 7.89. The van der Waals surface area contributed by atoms with Crippen LogP contribution in [0.15, 0.2) is 39.3 Å². The lowest BCUT2D eigenvalue weighted by Crippen LogP contribution is -2.14. The van der Waals surface area contributed by atoms with Gasteiger partial charge in [-0.05, 0) is 42.7 Å². The Morgan fingerprint density at radius 3 is 2.40 bits per heavy atom. The summed E-state index contributed by atoms with van der Waals surface area (Å²) < 4.78 is 7.56. The molecule has 0 radical (unpaired) electrons. The van der Waals surface area contributed by atoms with Crippen LogP contribution in [0.1, 0.15) is 28.3 Å². The molecular formula is C16H17Br2NO. The summed E-state index contributed by atoms with van der Waals surface area (Å²) in [5.41, 5.74) is 10.8. The maximum absolute atomic E-state index is 6.45.